The second kappa shape index (κ2) is 7.49. The molecule has 24 heavy (non-hydrogen) atoms. The minimum absolute atomic E-state index is 0.484. The van der Waals surface area contributed by atoms with Gasteiger partial charge in [-0.2, -0.15) is 0 Å². The van der Waals surface area contributed by atoms with E-state index < -0.39 is 0 Å². The van der Waals surface area contributed by atoms with E-state index in [9.17, 15) is 0 Å². The fourth-order valence-corrected chi connectivity index (χ4v) is 3.51. The van der Waals surface area contributed by atoms with Crippen LogP contribution in [-0.2, 0) is 6.54 Å². The molecule has 3 rings (SSSR count). The van der Waals surface area contributed by atoms with Crippen LogP contribution in [0.15, 0.2) is 41.1 Å². The van der Waals surface area contributed by atoms with Crippen LogP contribution < -0.4 is 9.80 Å². The van der Waals surface area contributed by atoms with Gasteiger partial charge in [-0.3, -0.25) is 4.90 Å². The summed E-state index contributed by atoms with van der Waals surface area (Å²) in [4.78, 5) is 15.6. The average molecular weight is 390 g/mol. The molecule has 1 unspecified atom stereocenters. The molecular formula is C18H24BrN5. The first kappa shape index (κ1) is 17.2. The predicted octanol–water partition coefficient (Wildman–Crippen LogP) is 3.02. The van der Waals surface area contributed by atoms with Crippen molar-refractivity contribution in [3.63, 3.8) is 0 Å². The summed E-state index contributed by atoms with van der Waals surface area (Å²) in [6.45, 7) is 3.15. The van der Waals surface area contributed by atoms with Crippen molar-refractivity contribution < 1.29 is 0 Å². The molecule has 1 aliphatic heterocycles. The van der Waals surface area contributed by atoms with Crippen LogP contribution in [0.3, 0.4) is 0 Å². The number of hydrogen-bond donors (Lipinski definition) is 0. The third-order valence-corrected chi connectivity index (χ3v) is 5.38. The SMILES string of the molecule is CN(C)c1cc(N(C)C2CCN(Cc3ccccc3Br)C2)ncn1. The topological polar surface area (TPSA) is 35.5 Å². The molecule has 0 radical (unpaired) electrons. The van der Waals surface area contributed by atoms with Gasteiger partial charge in [-0.1, -0.05) is 34.1 Å². The van der Waals surface area contributed by atoms with Gasteiger partial charge in [0.15, 0.2) is 0 Å². The Labute approximate surface area is 152 Å². The highest BCUT2D eigenvalue weighted by Gasteiger charge is 2.27. The summed E-state index contributed by atoms with van der Waals surface area (Å²) < 4.78 is 1.19. The van der Waals surface area contributed by atoms with Gasteiger partial charge in [0, 0.05) is 57.4 Å². The smallest absolute Gasteiger partial charge is 0.134 e. The number of rotatable bonds is 5. The van der Waals surface area contributed by atoms with Crippen LogP contribution in [0, 0.1) is 0 Å². The lowest BCUT2D eigenvalue weighted by Crippen LogP contribution is -2.35. The first-order chi connectivity index (χ1) is 11.5. The zero-order valence-electron chi connectivity index (χ0n) is 14.5. The number of halogens is 1. The van der Waals surface area contributed by atoms with E-state index in [1.807, 2.05) is 19.0 Å². The minimum atomic E-state index is 0.484. The molecule has 2 aromatic rings. The molecule has 5 nitrogen and oxygen atoms in total. The van der Waals surface area contributed by atoms with Crippen molar-refractivity contribution in [2.24, 2.45) is 0 Å². The zero-order valence-corrected chi connectivity index (χ0v) is 16.1. The van der Waals surface area contributed by atoms with Crippen molar-refractivity contribution >= 4 is 27.6 Å². The summed E-state index contributed by atoms with van der Waals surface area (Å²) in [6.07, 6.45) is 2.80. The predicted molar refractivity (Wildman–Crippen MR) is 103 cm³/mol. The van der Waals surface area contributed by atoms with Crippen molar-refractivity contribution in [2.75, 3.05) is 44.0 Å². The van der Waals surface area contributed by atoms with Crippen molar-refractivity contribution in [1.82, 2.24) is 14.9 Å². The molecule has 0 bridgehead atoms. The van der Waals surface area contributed by atoms with Crippen LogP contribution >= 0.6 is 15.9 Å². The van der Waals surface area contributed by atoms with Crippen LogP contribution in [0.2, 0.25) is 0 Å². The second-order valence-electron chi connectivity index (χ2n) is 6.51. The van der Waals surface area contributed by atoms with Crippen molar-refractivity contribution in [3.05, 3.63) is 46.7 Å². The van der Waals surface area contributed by atoms with E-state index in [4.69, 9.17) is 0 Å². The van der Waals surface area contributed by atoms with Crippen molar-refractivity contribution in [2.45, 2.75) is 19.0 Å². The van der Waals surface area contributed by atoms with Gasteiger partial charge < -0.3 is 9.80 Å². The van der Waals surface area contributed by atoms with Crippen LogP contribution in [0.5, 0.6) is 0 Å². The van der Waals surface area contributed by atoms with Crippen LogP contribution in [0.4, 0.5) is 11.6 Å². The fourth-order valence-electron chi connectivity index (χ4n) is 3.10. The standard InChI is InChI=1S/C18H24BrN5/c1-22(2)17-10-18(21-13-20-17)23(3)15-8-9-24(12-15)11-14-6-4-5-7-16(14)19/h4-7,10,13,15H,8-9,11-12H2,1-3H3. The highest BCUT2D eigenvalue weighted by molar-refractivity contribution is 9.10. The molecule has 1 aliphatic rings. The molecule has 6 heteroatoms. The van der Waals surface area contributed by atoms with Crippen molar-refractivity contribution in [3.8, 4) is 0 Å². The molecule has 0 amide bonds. The normalized spacial score (nSPS) is 17.9. The highest BCUT2D eigenvalue weighted by Crippen LogP contribution is 2.24. The molecule has 1 atom stereocenters. The lowest BCUT2D eigenvalue weighted by atomic mass is 10.2. The highest BCUT2D eigenvalue weighted by atomic mass is 79.9. The molecule has 0 aliphatic carbocycles. The van der Waals surface area contributed by atoms with E-state index in [-0.39, 0.29) is 0 Å². The number of anilines is 2. The lowest BCUT2D eigenvalue weighted by Gasteiger charge is -2.26. The van der Waals surface area contributed by atoms with Crippen LogP contribution in [0.25, 0.3) is 0 Å². The molecule has 128 valence electrons. The molecule has 0 saturated carbocycles. The van der Waals surface area contributed by atoms with Gasteiger partial charge in [-0.25, -0.2) is 9.97 Å². The Kier molecular flexibility index (Phi) is 5.36. The molecule has 1 aromatic carbocycles. The van der Waals surface area contributed by atoms with E-state index in [1.54, 1.807) is 6.33 Å². The van der Waals surface area contributed by atoms with Crippen LogP contribution in [-0.4, -0.2) is 55.1 Å². The van der Waals surface area contributed by atoms with Gasteiger partial charge in [0.1, 0.15) is 18.0 Å². The maximum absolute atomic E-state index is 4.45. The first-order valence-electron chi connectivity index (χ1n) is 8.22. The third kappa shape index (κ3) is 3.87. The Morgan fingerprint density at radius 1 is 1.17 bits per heavy atom. The van der Waals surface area contributed by atoms with Gasteiger partial charge in [0.25, 0.3) is 0 Å². The van der Waals surface area contributed by atoms with Crippen molar-refractivity contribution in [1.29, 1.82) is 0 Å². The van der Waals surface area contributed by atoms with Gasteiger partial charge in [0.2, 0.25) is 0 Å². The van der Waals surface area contributed by atoms with E-state index in [0.29, 0.717) is 6.04 Å². The maximum atomic E-state index is 4.45. The summed E-state index contributed by atoms with van der Waals surface area (Å²) in [5.41, 5.74) is 1.35. The quantitative estimate of drug-likeness (QED) is 0.785. The molecular weight excluding hydrogens is 366 g/mol. The van der Waals surface area contributed by atoms with E-state index in [2.05, 4.69) is 73.1 Å². The molecule has 2 heterocycles. The second-order valence-corrected chi connectivity index (χ2v) is 7.36. The monoisotopic (exact) mass is 389 g/mol. The average Bonchev–Trinajstić information content (AvgIpc) is 3.05. The van der Waals surface area contributed by atoms with E-state index >= 15 is 0 Å². The van der Waals surface area contributed by atoms with Gasteiger partial charge in [-0.15, -0.1) is 0 Å². The fraction of sp³-hybridized carbons (Fsp3) is 0.444. The summed E-state index contributed by atoms with van der Waals surface area (Å²) >= 11 is 3.65. The molecule has 0 N–H and O–H groups in total. The van der Waals surface area contributed by atoms with E-state index in [0.717, 1.165) is 37.7 Å². The Bertz CT molecular complexity index is 691. The number of hydrogen-bond acceptors (Lipinski definition) is 5. The number of likely N-dealkylation sites (tertiary alicyclic amines) is 1. The number of aromatic nitrogens is 2. The number of likely N-dealkylation sites (N-methyl/N-ethyl adjacent to an activating group) is 1. The summed E-state index contributed by atoms with van der Waals surface area (Å²) in [5.74, 6) is 1.93. The van der Waals surface area contributed by atoms with E-state index in [1.165, 1.54) is 10.0 Å². The van der Waals surface area contributed by atoms with Gasteiger partial charge in [-0.05, 0) is 18.1 Å². The lowest BCUT2D eigenvalue weighted by molar-refractivity contribution is 0.325. The van der Waals surface area contributed by atoms with Crippen LogP contribution in [0.1, 0.15) is 12.0 Å². The Hall–Kier alpha value is -1.66. The Balaban J connectivity index is 1.65. The third-order valence-electron chi connectivity index (χ3n) is 4.60. The maximum Gasteiger partial charge on any atom is 0.134 e. The van der Waals surface area contributed by atoms with Gasteiger partial charge >= 0.3 is 0 Å². The molecule has 0 spiro atoms. The Morgan fingerprint density at radius 3 is 2.67 bits per heavy atom. The summed E-state index contributed by atoms with van der Waals surface area (Å²) in [6, 6.07) is 11.0. The molecule has 1 aromatic heterocycles. The number of nitrogens with zero attached hydrogens (tertiary/aromatic N) is 5. The summed E-state index contributed by atoms with van der Waals surface area (Å²) in [7, 11) is 6.14. The Morgan fingerprint density at radius 2 is 1.92 bits per heavy atom. The van der Waals surface area contributed by atoms with Gasteiger partial charge in [0.05, 0.1) is 0 Å². The minimum Gasteiger partial charge on any atom is -0.363 e. The molecule has 1 saturated heterocycles. The number of benzene rings is 1. The first-order valence-corrected chi connectivity index (χ1v) is 9.02. The molecule has 1 fully saturated rings. The zero-order chi connectivity index (χ0) is 17.1. The largest absolute Gasteiger partial charge is 0.363 e. The summed E-state index contributed by atoms with van der Waals surface area (Å²) in [5, 5.41) is 0.